The Kier molecular flexibility index (Phi) is 3.37. The van der Waals surface area contributed by atoms with Gasteiger partial charge in [-0.15, -0.1) is 0 Å². The first-order valence-electron chi connectivity index (χ1n) is 3.58. The molecule has 1 aromatic carbocycles. The van der Waals surface area contributed by atoms with E-state index in [2.05, 4.69) is 3.53 Å². The van der Waals surface area contributed by atoms with Crippen LogP contribution >= 0.6 is 22.9 Å². The first-order chi connectivity index (χ1) is 6.86. The average Bonchev–Trinajstić information content (AvgIpc) is 2.15. The molecule has 1 aromatic rings. The molecule has 0 aromatic heterocycles. The van der Waals surface area contributed by atoms with Crippen LogP contribution in [0.2, 0.25) is 0 Å². The van der Waals surface area contributed by atoms with Crippen molar-refractivity contribution in [2.75, 3.05) is 3.53 Å². The Bertz CT molecular complexity index is 394. The largest absolute Gasteiger partial charge is 0.423 e. The van der Waals surface area contributed by atoms with E-state index in [0.717, 1.165) is 6.07 Å². The summed E-state index contributed by atoms with van der Waals surface area (Å²) in [5, 5.41) is 10.4. The van der Waals surface area contributed by atoms with Crippen LogP contribution in [0.4, 0.5) is 24.5 Å². The van der Waals surface area contributed by atoms with Crippen LogP contribution in [0.3, 0.4) is 0 Å². The van der Waals surface area contributed by atoms with Crippen molar-refractivity contribution in [3.63, 3.8) is 0 Å². The molecule has 0 amide bonds. The van der Waals surface area contributed by atoms with E-state index in [1.165, 1.54) is 6.07 Å². The van der Waals surface area contributed by atoms with Gasteiger partial charge in [0.05, 0.1) is 27.8 Å². The van der Waals surface area contributed by atoms with Gasteiger partial charge in [-0.1, -0.05) is 0 Å². The molecule has 0 aliphatic carbocycles. The fraction of sp³-hybridized carbons (Fsp3) is 0.143. The van der Waals surface area contributed by atoms with Gasteiger partial charge in [-0.2, -0.15) is 13.2 Å². The standard InChI is InChI=1S/C7H4F3IN2O2/c8-7(9,10)5-3-4(12-11)1-2-6(5)13(14)15/h1-3,12H. The van der Waals surface area contributed by atoms with E-state index in [4.69, 9.17) is 0 Å². The summed E-state index contributed by atoms with van der Waals surface area (Å²) in [5.41, 5.74) is -2.04. The Hall–Kier alpha value is -1.06. The fourth-order valence-electron chi connectivity index (χ4n) is 0.981. The number of anilines is 1. The Morgan fingerprint density at radius 1 is 1.40 bits per heavy atom. The molecule has 0 spiro atoms. The Balaban J connectivity index is 3.36. The summed E-state index contributed by atoms with van der Waals surface area (Å²) < 4.78 is 39.6. The number of alkyl halides is 3. The summed E-state index contributed by atoms with van der Waals surface area (Å²) in [7, 11) is 0. The van der Waals surface area contributed by atoms with Gasteiger partial charge in [0, 0.05) is 11.8 Å². The van der Waals surface area contributed by atoms with Crippen LogP contribution in [-0.2, 0) is 6.18 Å². The first kappa shape index (κ1) is 12.0. The molecule has 0 bridgehead atoms. The molecule has 8 heteroatoms. The van der Waals surface area contributed by atoms with Gasteiger partial charge >= 0.3 is 6.18 Å². The molecule has 0 unspecified atom stereocenters. The lowest BCUT2D eigenvalue weighted by Crippen LogP contribution is -2.09. The normalized spacial score (nSPS) is 11.2. The lowest BCUT2D eigenvalue weighted by Gasteiger charge is -2.08. The molecule has 0 radical (unpaired) electrons. The number of nitro benzene ring substituents is 1. The predicted octanol–water partition coefficient (Wildman–Crippen LogP) is 3.38. The quantitative estimate of drug-likeness (QED) is 0.391. The molecule has 0 atom stereocenters. The number of rotatable bonds is 2. The van der Waals surface area contributed by atoms with Crippen LogP contribution in [0, 0.1) is 10.1 Å². The van der Waals surface area contributed by atoms with Gasteiger partial charge in [-0.05, 0) is 12.1 Å². The number of hydrogen-bond donors (Lipinski definition) is 1. The Morgan fingerprint density at radius 3 is 2.40 bits per heavy atom. The topological polar surface area (TPSA) is 55.2 Å². The molecule has 0 saturated heterocycles. The smallest absolute Gasteiger partial charge is 0.328 e. The zero-order valence-corrected chi connectivity index (χ0v) is 9.17. The van der Waals surface area contributed by atoms with Crippen molar-refractivity contribution in [3.05, 3.63) is 33.9 Å². The molecule has 0 aliphatic heterocycles. The highest BCUT2D eigenvalue weighted by Crippen LogP contribution is 2.37. The van der Waals surface area contributed by atoms with Crippen LogP contribution in [0.15, 0.2) is 18.2 Å². The fourth-order valence-corrected chi connectivity index (χ4v) is 1.32. The third-order valence-corrected chi connectivity index (χ3v) is 2.23. The minimum atomic E-state index is -4.73. The van der Waals surface area contributed by atoms with E-state index >= 15 is 0 Å². The van der Waals surface area contributed by atoms with E-state index in [0.29, 0.717) is 6.07 Å². The number of nitrogens with zero attached hydrogens (tertiary/aromatic N) is 1. The van der Waals surface area contributed by atoms with Crippen molar-refractivity contribution in [3.8, 4) is 0 Å². The zero-order valence-electron chi connectivity index (χ0n) is 7.01. The number of hydrogen-bond acceptors (Lipinski definition) is 3. The highest BCUT2D eigenvalue weighted by Gasteiger charge is 2.38. The number of nitro groups is 1. The molecule has 0 fully saturated rings. The minimum absolute atomic E-state index is 0.161. The van der Waals surface area contributed by atoms with Gasteiger partial charge in [-0.3, -0.25) is 10.1 Å². The van der Waals surface area contributed by atoms with E-state index in [-0.39, 0.29) is 5.69 Å². The van der Waals surface area contributed by atoms with Crippen LogP contribution in [0.5, 0.6) is 0 Å². The second-order valence-electron chi connectivity index (χ2n) is 2.58. The molecule has 4 nitrogen and oxygen atoms in total. The third-order valence-electron chi connectivity index (χ3n) is 1.61. The molecule has 15 heavy (non-hydrogen) atoms. The number of halogens is 4. The second kappa shape index (κ2) is 4.21. The van der Waals surface area contributed by atoms with Crippen LogP contribution in [-0.4, -0.2) is 4.92 Å². The summed E-state index contributed by atoms with van der Waals surface area (Å²) in [6, 6.07) is 2.73. The summed E-state index contributed by atoms with van der Waals surface area (Å²) in [6.45, 7) is 0. The summed E-state index contributed by atoms with van der Waals surface area (Å²) in [4.78, 5) is 9.30. The Labute approximate surface area is 96.1 Å². The lowest BCUT2D eigenvalue weighted by molar-refractivity contribution is -0.388. The van der Waals surface area contributed by atoms with Crippen molar-refractivity contribution in [2.24, 2.45) is 0 Å². The average molecular weight is 332 g/mol. The summed E-state index contributed by atoms with van der Waals surface area (Å²) in [6.07, 6.45) is -4.73. The molecule has 0 aliphatic rings. The molecule has 1 N–H and O–H groups in total. The molecule has 1 rings (SSSR count). The number of nitrogens with one attached hydrogen (secondary N) is 1. The van der Waals surface area contributed by atoms with E-state index in [9.17, 15) is 23.3 Å². The van der Waals surface area contributed by atoms with Crippen LogP contribution in [0.1, 0.15) is 5.56 Å². The van der Waals surface area contributed by atoms with Crippen molar-refractivity contribution < 1.29 is 18.1 Å². The van der Waals surface area contributed by atoms with Gasteiger partial charge < -0.3 is 3.53 Å². The minimum Gasteiger partial charge on any atom is -0.328 e. The van der Waals surface area contributed by atoms with Gasteiger partial charge in [0.25, 0.3) is 5.69 Å². The zero-order chi connectivity index (χ0) is 11.6. The second-order valence-corrected chi connectivity index (χ2v) is 3.12. The lowest BCUT2D eigenvalue weighted by atomic mass is 10.1. The van der Waals surface area contributed by atoms with E-state index in [1.807, 2.05) is 0 Å². The maximum Gasteiger partial charge on any atom is 0.423 e. The van der Waals surface area contributed by atoms with Crippen LogP contribution < -0.4 is 3.53 Å². The maximum atomic E-state index is 12.4. The monoisotopic (exact) mass is 332 g/mol. The summed E-state index contributed by atoms with van der Waals surface area (Å²) >= 11 is 1.64. The maximum absolute atomic E-state index is 12.4. The molecular formula is C7H4F3IN2O2. The van der Waals surface area contributed by atoms with Gasteiger partial charge in [0.15, 0.2) is 0 Å². The van der Waals surface area contributed by atoms with Crippen molar-refractivity contribution in [1.29, 1.82) is 0 Å². The molecule has 0 saturated carbocycles. The SMILES string of the molecule is O=[N+]([O-])c1ccc(NI)cc1C(F)(F)F. The van der Waals surface area contributed by atoms with Gasteiger partial charge in [0.2, 0.25) is 0 Å². The van der Waals surface area contributed by atoms with Crippen LogP contribution in [0.25, 0.3) is 0 Å². The van der Waals surface area contributed by atoms with Crippen molar-refractivity contribution in [1.82, 2.24) is 0 Å². The third kappa shape index (κ3) is 2.70. The first-order valence-corrected chi connectivity index (χ1v) is 4.66. The number of benzene rings is 1. The highest BCUT2D eigenvalue weighted by molar-refractivity contribution is 14.1. The van der Waals surface area contributed by atoms with Gasteiger partial charge in [-0.25, -0.2) is 0 Å². The van der Waals surface area contributed by atoms with Crippen molar-refractivity contribution in [2.45, 2.75) is 6.18 Å². The molecule has 0 heterocycles. The molecule has 82 valence electrons. The molecular weight excluding hydrogens is 328 g/mol. The van der Waals surface area contributed by atoms with E-state index < -0.39 is 22.4 Å². The van der Waals surface area contributed by atoms with Crippen molar-refractivity contribution >= 4 is 34.2 Å². The summed E-state index contributed by atoms with van der Waals surface area (Å²) in [5.74, 6) is 0. The van der Waals surface area contributed by atoms with Gasteiger partial charge in [0.1, 0.15) is 5.56 Å². The Morgan fingerprint density at radius 2 is 2.00 bits per heavy atom. The highest BCUT2D eigenvalue weighted by atomic mass is 127. The van der Waals surface area contributed by atoms with E-state index in [1.54, 1.807) is 22.9 Å². The predicted molar refractivity (Wildman–Crippen MR) is 55.7 cm³/mol.